The van der Waals surface area contributed by atoms with E-state index in [1.54, 1.807) is 18.2 Å². The highest BCUT2D eigenvalue weighted by atomic mass is 19.3. The van der Waals surface area contributed by atoms with Gasteiger partial charge in [-0.15, -0.1) is 0 Å². The molecule has 0 saturated carbocycles. The van der Waals surface area contributed by atoms with Crippen molar-refractivity contribution in [1.29, 1.82) is 0 Å². The molecule has 1 aromatic carbocycles. The van der Waals surface area contributed by atoms with Gasteiger partial charge in [-0.2, -0.15) is 0 Å². The number of nitrogens with two attached hydrogens (primary N) is 1. The maximum absolute atomic E-state index is 11.8. The SMILES string of the molecule is C[C@H](N)c1cccc(OCC(F)F)c1. The van der Waals surface area contributed by atoms with Gasteiger partial charge in [-0.3, -0.25) is 0 Å². The highest BCUT2D eigenvalue weighted by Crippen LogP contribution is 2.17. The minimum atomic E-state index is -2.45. The molecule has 78 valence electrons. The van der Waals surface area contributed by atoms with Crippen LogP contribution in [0.4, 0.5) is 8.78 Å². The maximum Gasteiger partial charge on any atom is 0.272 e. The van der Waals surface area contributed by atoms with Gasteiger partial charge in [0.25, 0.3) is 6.43 Å². The van der Waals surface area contributed by atoms with Gasteiger partial charge in [0.15, 0.2) is 0 Å². The van der Waals surface area contributed by atoms with Crippen LogP contribution in [0.2, 0.25) is 0 Å². The van der Waals surface area contributed by atoms with Gasteiger partial charge in [-0.1, -0.05) is 12.1 Å². The normalized spacial score (nSPS) is 12.9. The lowest BCUT2D eigenvalue weighted by Gasteiger charge is -2.09. The first-order valence-corrected chi connectivity index (χ1v) is 4.36. The van der Waals surface area contributed by atoms with Crippen molar-refractivity contribution in [1.82, 2.24) is 0 Å². The van der Waals surface area contributed by atoms with E-state index in [-0.39, 0.29) is 6.04 Å². The van der Waals surface area contributed by atoms with Crippen molar-refractivity contribution in [3.8, 4) is 5.75 Å². The summed E-state index contributed by atoms with van der Waals surface area (Å²) in [4.78, 5) is 0. The highest BCUT2D eigenvalue weighted by molar-refractivity contribution is 5.30. The van der Waals surface area contributed by atoms with Crippen molar-refractivity contribution >= 4 is 0 Å². The van der Waals surface area contributed by atoms with Crippen molar-refractivity contribution in [3.05, 3.63) is 29.8 Å². The number of halogens is 2. The van der Waals surface area contributed by atoms with E-state index in [2.05, 4.69) is 0 Å². The second-order valence-corrected chi connectivity index (χ2v) is 3.06. The Labute approximate surface area is 81.7 Å². The molecule has 0 aromatic heterocycles. The third kappa shape index (κ3) is 3.30. The number of alkyl halides is 2. The lowest BCUT2D eigenvalue weighted by Crippen LogP contribution is -2.08. The van der Waals surface area contributed by atoms with Gasteiger partial charge < -0.3 is 10.5 Å². The van der Waals surface area contributed by atoms with E-state index in [4.69, 9.17) is 10.5 Å². The second kappa shape index (κ2) is 4.91. The van der Waals surface area contributed by atoms with Crippen molar-refractivity contribution in [2.24, 2.45) is 5.73 Å². The number of ether oxygens (including phenoxy) is 1. The van der Waals surface area contributed by atoms with Gasteiger partial charge in [0.1, 0.15) is 12.4 Å². The van der Waals surface area contributed by atoms with E-state index in [1.807, 2.05) is 13.0 Å². The molecule has 0 unspecified atom stereocenters. The number of benzene rings is 1. The van der Waals surface area contributed by atoms with Gasteiger partial charge in [0.2, 0.25) is 0 Å². The molecule has 0 saturated heterocycles. The largest absolute Gasteiger partial charge is 0.488 e. The van der Waals surface area contributed by atoms with Crippen molar-refractivity contribution < 1.29 is 13.5 Å². The Morgan fingerprint density at radius 1 is 1.43 bits per heavy atom. The molecule has 0 amide bonds. The summed E-state index contributed by atoms with van der Waals surface area (Å²) in [6.07, 6.45) is -2.45. The number of hydrogen-bond acceptors (Lipinski definition) is 2. The van der Waals surface area contributed by atoms with Gasteiger partial charge in [0, 0.05) is 6.04 Å². The smallest absolute Gasteiger partial charge is 0.272 e. The van der Waals surface area contributed by atoms with Crippen LogP contribution < -0.4 is 10.5 Å². The van der Waals surface area contributed by atoms with E-state index in [0.717, 1.165) is 5.56 Å². The van der Waals surface area contributed by atoms with Crippen LogP contribution in [0, 0.1) is 0 Å². The Balaban J connectivity index is 2.64. The van der Waals surface area contributed by atoms with E-state index in [1.165, 1.54) is 0 Å². The zero-order valence-corrected chi connectivity index (χ0v) is 7.91. The molecule has 1 rings (SSSR count). The van der Waals surface area contributed by atoms with Crippen LogP contribution >= 0.6 is 0 Å². The molecule has 0 aliphatic heterocycles. The molecule has 2 nitrogen and oxygen atoms in total. The molecule has 1 aromatic rings. The van der Waals surface area contributed by atoms with E-state index in [9.17, 15) is 8.78 Å². The number of hydrogen-bond donors (Lipinski definition) is 1. The zero-order valence-electron chi connectivity index (χ0n) is 7.91. The summed E-state index contributed by atoms with van der Waals surface area (Å²) in [5, 5.41) is 0. The third-order valence-corrected chi connectivity index (χ3v) is 1.76. The van der Waals surface area contributed by atoms with Gasteiger partial charge in [0.05, 0.1) is 0 Å². The van der Waals surface area contributed by atoms with Gasteiger partial charge in [-0.25, -0.2) is 8.78 Å². The molecule has 4 heteroatoms. The van der Waals surface area contributed by atoms with Crippen molar-refractivity contribution in [2.75, 3.05) is 6.61 Å². The van der Waals surface area contributed by atoms with Crippen LogP contribution in [-0.4, -0.2) is 13.0 Å². The summed E-state index contributed by atoms with van der Waals surface area (Å²) in [5.41, 5.74) is 6.51. The zero-order chi connectivity index (χ0) is 10.6. The van der Waals surface area contributed by atoms with Crippen LogP contribution in [0.1, 0.15) is 18.5 Å². The van der Waals surface area contributed by atoms with Crippen LogP contribution in [0.15, 0.2) is 24.3 Å². The van der Waals surface area contributed by atoms with Gasteiger partial charge in [-0.05, 0) is 24.6 Å². The fourth-order valence-electron chi connectivity index (χ4n) is 1.05. The molecule has 1 atom stereocenters. The summed E-state index contributed by atoms with van der Waals surface area (Å²) >= 11 is 0. The molecule has 14 heavy (non-hydrogen) atoms. The summed E-state index contributed by atoms with van der Waals surface area (Å²) in [7, 11) is 0. The lowest BCUT2D eigenvalue weighted by molar-refractivity contribution is 0.0818. The predicted molar refractivity (Wildman–Crippen MR) is 50.5 cm³/mol. The topological polar surface area (TPSA) is 35.2 Å². The average Bonchev–Trinajstić information content (AvgIpc) is 2.15. The molecule has 0 aliphatic rings. The van der Waals surface area contributed by atoms with Crippen LogP contribution in [-0.2, 0) is 0 Å². The van der Waals surface area contributed by atoms with Crippen LogP contribution in [0.5, 0.6) is 5.75 Å². The second-order valence-electron chi connectivity index (χ2n) is 3.06. The summed E-state index contributed by atoms with van der Waals surface area (Å²) in [6, 6.07) is 6.76. The fourth-order valence-corrected chi connectivity index (χ4v) is 1.05. The van der Waals surface area contributed by atoms with Crippen LogP contribution in [0.3, 0.4) is 0 Å². The van der Waals surface area contributed by atoms with E-state index >= 15 is 0 Å². The molecule has 0 heterocycles. The monoisotopic (exact) mass is 201 g/mol. The van der Waals surface area contributed by atoms with Crippen molar-refractivity contribution in [2.45, 2.75) is 19.4 Å². The molecule has 0 radical (unpaired) electrons. The van der Waals surface area contributed by atoms with Crippen molar-refractivity contribution in [3.63, 3.8) is 0 Å². The first-order chi connectivity index (χ1) is 6.59. The molecular formula is C10H13F2NO. The molecule has 0 aliphatic carbocycles. The highest BCUT2D eigenvalue weighted by Gasteiger charge is 2.05. The Kier molecular flexibility index (Phi) is 3.83. The van der Waals surface area contributed by atoms with Crippen LogP contribution in [0.25, 0.3) is 0 Å². The fraction of sp³-hybridized carbons (Fsp3) is 0.400. The Hall–Kier alpha value is -1.16. The Morgan fingerprint density at radius 2 is 2.14 bits per heavy atom. The predicted octanol–water partition coefficient (Wildman–Crippen LogP) is 2.35. The lowest BCUT2D eigenvalue weighted by atomic mass is 10.1. The summed E-state index contributed by atoms with van der Waals surface area (Å²) in [6.45, 7) is 1.24. The maximum atomic E-state index is 11.8. The minimum Gasteiger partial charge on any atom is -0.488 e. The molecule has 2 N–H and O–H groups in total. The van der Waals surface area contributed by atoms with Gasteiger partial charge >= 0.3 is 0 Å². The first-order valence-electron chi connectivity index (χ1n) is 4.36. The number of rotatable bonds is 4. The average molecular weight is 201 g/mol. The summed E-state index contributed by atoms with van der Waals surface area (Å²) in [5.74, 6) is 0.431. The minimum absolute atomic E-state index is 0.120. The molecule has 0 spiro atoms. The molecular weight excluding hydrogens is 188 g/mol. The molecule has 0 bridgehead atoms. The van der Waals surface area contributed by atoms with E-state index < -0.39 is 13.0 Å². The van der Waals surface area contributed by atoms with E-state index in [0.29, 0.717) is 5.75 Å². The quantitative estimate of drug-likeness (QED) is 0.811. The summed E-state index contributed by atoms with van der Waals surface area (Å²) < 4.78 is 28.5. The molecule has 0 fully saturated rings. The first kappa shape index (κ1) is 10.9. The standard InChI is InChI=1S/C10H13F2NO/c1-7(13)8-3-2-4-9(5-8)14-6-10(11)12/h2-5,7,10H,6,13H2,1H3/t7-/m0/s1. The third-order valence-electron chi connectivity index (χ3n) is 1.76. The Morgan fingerprint density at radius 3 is 2.71 bits per heavy atom. The Bertz CT molecular complexity index is 289.